The summed E-state index contributed by atoms with van der Waals surface area (Å²) >= 11 is 0. The number of esters is 1. The SMILES string of the molecule is O=C(OCC[N+](=O)[O-])c1cccc(O)c1. The molecule has 15 heavy (non-hydrogen) atoms. The molecule has 1 N–H and O–H groups in total. The highest BCUT2D eigenvalue weighted by atomic mass is 16.6. The van der Waals surface area contributed by atoms with Crippen molar-refractivity contribution in [2.45, 2.75) is 0 Å². The molecule has 0 saturated carbocycles. The summed E-state index contributed by atoms with van der Waals surface area (Å²) in [6.45, 7) is -0.702. The van der Waals surface area contributed by atoms with Crippen molar-refractivity contribution in [1.82, 2.24) is 0 Å². The summed E-state index contributed by atoms with van der Waals surface area (Å²) in [6.07, 6.45) is 0. The summed E-state index contributed by atoms with van der Waals surface area (Å²) < 4.78 is 4.60. The van der Waals surface area contributed by atoms with Crippen molar-refractivity contribution in [2.75, 3.05) is 13.2 Å². The highest BCUT2D eigenvalue weighted by Crippen LogP contribution is 2.11. The summed E-state index contributed by atoms with van der Waals surface area (Å²) in [5.41, 5.74) is 0.165. The van der Waals surface area contributed by atoms with E-state index >= 15 is 0 Å². The van der Waals surface area contributed by atoms with Gasteiger partial charge in [-0.05, 0) is 18.2 Å². The Balaban J connectivity index is 2.50. The fourth-order valence-corrected chi connectivity index (χ4v) is 0.929. The van der Waals surface area contributed by atoms with Gasteiger partial charge in [-0.1, -0.05) is 6.07 Å². The highest BCUT2D eigenvalue weighted by Gasteiger charge is 2.08. The zero-order valence-electron chi connectivity index (χ0n) is 7.75. The molecule has 0 unspecified atom stereocenters. The normalized spacial score (nSPS) is 9.60. The standard InChI is InChI=1S/C9H9NO5/c11-8-3-1-2-7(6-8)9(12)15-5-4-10(13)14/h1-3,6,11H,4-5H2. The minimum Gasteiger partial charge on any atom is -0.508 e. The summed E-state index contributed by atoms with van der Waals surface area (Å²) in [6, 6.07) is 5.58. The van der Waals surface area contributed by atoms with Crippen LogP contribution in [0.3, 0.4) is 0 Å². The van der Waals surface area contributed by atoms with Crippen molar-refractivity contribution in [1.29, 1.82) is 0 Å². The molecule has 0 saturated heterocycles. The van der Waals surface area contributed by atoms with Gasteiger partial charge in [0.2, 0.25) is 6.54 Å². The number of ether oxygens (including phenoxy) is 1. The smallest absolute Gasteiger partial charge is 0.338 e. The van der Waals surface area contributed by atoms with Crippen molar-refractivity contribution < 1.29 is 19.6 Å². The van der Waals surface area contributed by atoms with Gasteiger partial charge < -0.3 is 9.84 Å². The van der Waals surface area contributed by atoms with E-state index in [9.17, 15) is 14.9 Å². The van der Waals surface area contributed by atoms with Gasteiger partial charge >= 0.3 is 5.97 Å². The number of carbonyl (C=O) groups excluding carboxylic acids is 1. The van der Waals surface area contributed by atoms with E-state index in [1.54, 1.807) is 0 Å². The average Bonchev–Trinajstić information content (AvgIpc) is 2.17. The van der Waals surface area contributed by atoms with E-state index in [-0.39, 0.29) is 17.9 Å². The second-order valence-corrected chi connectivity index (χ2v) is 2.74. The molecule has 0 spiro atoms. The minimum atomic E-state index is -0.687. The van der Waals surface area contributed by atoms with Crippen LogP contribution in [0, 0.1) is 10.1 Å². The molecule has 6 nitrogen and oxygen atoms in total. The third kappa shape index (κ3) is 3.63. The van der Waals surface area contributed by atoms with Crippen LogP contribution in [0.4, 0.5) is 0 Å². The van der Waals surface area contributed by atoms with Crippen molar-refractivity contribution in [2.24, 2.45) is 0 Å². The second kappa shape index (κ2) is 4.94. The van der Waals surface area contributed by atoms with Crippen molar-refractivity contribution in [3.05, 3.63) is 39.9 Å². The van der Waals surface area contributed by atoms with Crippen molar-refractivity contribution in [3.8, 4) is 5.75 Å². The van der Waals surface area contributed by atoms with E-state index in [4.69, 9.17) is 5.11 Å². The van der Waals surface area contributed by atoms with E-state index in [1.807, 2.05) is 0 Å². The predicted molar refractivity (Wildman–Crippen MR) is 50.3 cm³/mol. The van der Waals surface area contributed by atoms with Crippen LogP contribution in [-0.2, 0) is 4.74 Å². The Labute approximate surface area is 85.2 Å². The van der Waals surface area contributed by atoms with Crippen LogP contribution in [0.2, 0.25) is 0 Å². The summed E-state index contributed by atoms with van der Waals surface area (Å²) in [7, 11) is 0. The molecule has 0 aliphatic carbocycles. The maximum atomic E-state index is 11.2. The van der Waals surface area contributed by atoms with E-state index in [0.717, 1.165) is 0 Å². The van der Waals surface area contributed by atoms with E-state index in [1.165, 1.54) is 24.3 Å². The number of hydrogen-bond acceptors (Lipinski definition) is 5. The van der Waals surface area contributed by atoms with Gasteiger partial charge in [-0.3, -0.25) is 10.1 Å². The second-order valence-electron chi connectivity index (χ2n) is 2.74. The first-order chi connectivity index (χ1) is 7.09. The lowest BCUT2D eigenvalue weighted by Gasteiger charge is -2.01. The number of phenols is 1. The molecule has 0 bridgehead atoms. The number of nitrogens with zero attached hydrogens (tertiary/aromatic N) is 1. The van der Waals surface area contributed by atoms with E-state index < -0.39 is 17.4 Å². The zero-order valence-corrected chi connectivity index (χ0v) is 7.75. The number of benzene rings is 1. The predicted octanol–water partition coefficient (Wildman–Crippen LogP) is 0.826. The van der Waals surface area contributed by atoms with Crippen LogP contribution >= 0.6 is 0 Å². The van der Waals surface area contributed by atoms with Crippen LogP contribution in [0.5, 0.6) is 5.75 Å². The van der Waals surface area contributed by atoms with Gasteiger partial charge in [-0.25, -0.2) is 4.79 Å². The third-order valence-electron chi connectivity index (χ3n) is 1.59. The van der Waals surface area contributed by atoms with E-state index in [0.29, 0.717) is 0 Å². The lowest BCUT2D eigenvalue weighted by molar-refractivity contribution is -0.482. The number of aromatic hydroxyl groups is 1. The Morgan fingerprint density at radius 2 is 2.27 bits per heavy atom. The molecule has 1 aromatic carbocycles. The Morgan fingerprint density at radius 1 is 1.53 bits per heavy atom. The summed E-state index contributed by atoms with van der Waals surface area (Å²) in [4.78, 5) is 20.6. The van der Waals surface area contributed by atoms with Crippen LogP contribution in [0.1, 0.15) is 10.4 Å². The molecular formula is C9H9NO5. The molecule has 1 rings (SSSR count). The molecular weight excluding hydrogens is 202 g/mol. The Hall–Kier alpha value is -2.11. The fraction of sp³-hybridized carbons (Fsp3) is 0.222. The van der Waals surface area contributed by atoms with Crippen molar-refractivity contribution >= 4 is 5.97 Å². The van der Waals surface area contributed by atoms with Crippen LogP contribution in [0.25, 0.3) is 0 Å². The largest absolute Gasteiger partial charge is 0.508 e. The van der Waals surface area contributed by atoms with Crippen LogP contribution < -0.4 is 0 Å². The Bertz CT molecular complexity index is 377. The van der Waals surface area contributed by atoms with Crippen LogP contribution in [-0.4, -0.2) is 29.2 Å². The lowest BCUT2D eigenvalue weighted by atomic mass is 10.2. The molecule has 0 atom stereocenters. The molecule has 1 aromatic rings. The molecule has 0 aromatic heterocycles. The van der Waals surface area contributed by atoms with Gasteiger partial charge in [0.1, 0.15) is 5.75 Å². The molecule has 0 heterocycles. The van der Waals surface area contributed by atoms with E-state index in [2.05, 4.69) is 4.74 Å². The Kier molecular flexibility index (Phi) is 3.61. The zero-order chi connectivity index (χ0) is 11.3. The maximum Gasteiger partial charge on any atom is 0.338 e. The quantitative estimate of drug-likeness (QED) is 0.452. The van der Waals surface area contributed by atoms with Gasteiger partial charge in [-0.15, -0.1) is 0 Å². The van der Waals surface area contributed by atoms with Crippen molar-refractivity contribution in [3.63, 3.8) is 0 Å². The van der Waals surface area contributed by atoms with Gasteiger partial charge in [0.25, 0.3) is 0 Å². The highest BCUT2D eigenvalue weighted by molar-refractivity contribution is 5.89. The number of phenolic OH excluding ortho intramolecular Hbond substituents is 1. The lowest BCUT2D eigenvalue weighted by Crippen LogP contribution is -2.13. The monoisotopic (exact) mass is 211 g/mol. The molecule has 0 fully saturated rings. The first-order valence-corrected chi connectivity index (χ1v) is 4.17. The first-order valence-electron chi connectivity index (χ1n) is 4.17. The molecule has 6 heteroatoms. The molecule has 80 valence electrons. The average molecular weight is 211 g/mol. The van der Waals surface area contributed by atoms with Gasteiger partial charge in [-0.2, -0.15) is 0 Å². The van der Waals surface area contributed by atoms with Gasteiger partial charge in [0.15, 0.2) is 6.61 Å². The topological polar surface area (TPSA) is 89.7 Å². The van der Waals surface area contributed by atoms with Gasteiger partial charge in [0.05, 0.1) is 5.56 Å². The fourth-order valence-electron chi connectivity index (χ4n) is 0.929. The van der Waals surface area contributed by atoms with Crippen LogP contribution in [0.15, 0.2) is 24.3 Å². The first kappa shape index (κ1) is 11.0. The summed E-state index contributed by atoms with van der Waals surface area (Å²) in [5, 5.41) is 19.0. The Morgan fingerprint density at radius 3 is 2.87 bits per heavy atom. The number of hydrogen-bond donors (Lipinski definition) is 1. The number of rotatable bonds is 4. The third-order valence-corrected chi connectivity index (χ3v) is 1.59. The van der Waals surface area contributed by atoms with Gasteiger partial charge in [0, 0.05) is 4.92 Å². The molecule has 0 radical (unpaired) electrons. The molecule has 0 aliphatic heterocycles. The maximum absolute atomic E-state index is 11.2. The molecule has 0 aliphatic rings. The molecule has 0 amide bonds. The number of carbonyl (C=O) groups is 1. The minimum absolute atomic E-state index is 0.0567. The number of nitro groups is 1. The summed E-state index contributed by atoms with van der Waals surface area (Å²) in [5.74, 6) is -0.744.